The second-order valence-electron chi connectivity index (χ2n) is 10.9. The van der Waals surface area contributed by atoms with Gasteiger partial charge in [-0.15, -0.1) is 0 Å². The van der Waals surface area contributed by atoms with Crippen LogP contribution in [0.25, 0.3) is 0 Å². The molecule has 5 aliphatic carbocycles. The molecule has 4 nitrogen and oxygen atoms in total. The molecule has 0 aromatic rings. The minimum absolute atomic E-state index is 0.0547. The zero-order valence-corrected chi connectivity index (χ0v) is 16.1. The highest BCUT2D eigenvalue weighted by Gasteiger charge is 2.85. The first-order valence-corrected chi connectivity index (χ1v) is 10.8. The number of fused-ring (bicyclic) bond motifs is 1. The summed E-state index contributed by atoms with van der Waals surface area (Å²) in [6.45, 7) is 11.1. The zero-order chi connectivity index (χ0) is 18.2. The molecule has 4 heteroatoms. The van der Waals surface area contributed by atoms with Crippen molar-refractivity contribution in [3.63, 3.8) is 0 Å². The molecule has 7 bridgehead atoms. The number of rotatable bonds is 1. The van der Waals surface area contributed by atoms with Gasteiger partial charge in [-0.3, -0.25) is 4.90 Å². The first kappa shape index (κ1) is 16.5. The largest absolute Gasteiger partial charge is 0.392 e. The Balaban J connectivity index is 1.61. The third kappa shape index (κ3) is 1.37. The molecule has 3 N–H and O–H groups in total. The second-order valence-corrected chi connectivity index (χ2v) is 10.9. The van der Waals surface area contributed by atoms with Crippen molar-refractivity contribution in [1.82, 2.24) is 4.90 Å². The van der Waals surface area contributed by atoms with Crippen molar-refractivity contribution < 1.29 is 15.3 Å². The number of hydrogen-bond donors (Lipinski definition) is 3. The molecule has 6 fully saturated rings. The van der Waals surface area contributed by atoms with Crippen LogP contribution in [0.1, 0.15) is 46.0 Å². The Bertz CT molecular complexity index is 695. The van der Waals surface area contributed by atoms with Crippen molar-refractivity contribution in [3.8, 4) is 0 Å². The number of likely N-dealkylation sites (tertiary alicyclic amines) is 1. The van der Waals surface area contributed by atoms with Gasteiger partial charge in [-0.05, 0) is 67.4 Å². The summed E-state index contributed by atoms with van der Waals surface area (Å²) >= 11 is 0. The molecule has 0 radical (unpaired) electrons. The van der Waals surface area contributed by atoms with Gasteiger partial charge in [-0.1, -0.05) is 20.4 Å². The van der Waals surface area contributed by atoms with Crippen molar-refractivity contribution in [3.05, 3.63) is 12.2 Å². The Labute approximate surface area is 156 Å². The Morgan fingerprint density at radius 2 is 1.96 bits per heavy atom. The molecule has 0 unspecified atom stereocenters. The lowest BCUT2D eigenvalue weighted by Crippen LogP contribution is -2.68. The molecule has 144 valence electrons. The predicted molar refractivity (Wildman–Crippen MR) is 98.2 cm³/mol. The zero-order valence-electron chi connectivity index (χ0n) is 16.1. The van der Waals surface area contributed by atoms with Gasteiger partial charge < -0.3 is 15.3 Å². The summed E-state index contributed by atoms with van der Waals surface area (Å²) in [4.78, 5) is 2.65. The van der Waals surface area contributed by atoms with E-state index in [1.807, 2.05) is 0 Å². The number of piperidine rings is 1. The van der Waals surface area contributed by atoms with Gasteiger partial charge >= 0.3 is 0 Å². The van der Waals surface area contributed by atoms with Gasteiger partial charge in [0.1, 0.15) is 0 Å². The monoisotopic (exact) mass is 359 g/mol. The van der Waals surface area contributed by atoms with Crippen LogP contribution < -0.4 is 0 Å². The van der Waals surface area contributed by atoms with Crippen molar-refractivity contribution in [2.45, 2.75) is 70.3 Å². The maximum Gasteiger partial charge on any atom is 0.0813 e. The highest BCUT2D eigenvalue weighted by molar-refractivity contribution is 5.39. The minimum Gasteiger partial charge on any atom is -0.392 e. The van der Waals surface area contributed by atoms with E-state index in [0.29, 0.717) is 17.9 Å². The van der Waals surface area contributed by atoms with E-state index in [2.05, 4.69) is 25.3 Å². The van der Waals surface area contributed by atoms with Crippen LogP contribution in [-0.2, 0) is 0 Å². The van der Waals surface area contributed by atoms with E-state index in [9.17, 15) is 15.3 Å². The molecule has 0 amide bonds. The molecule has 26 heavy (non-hydrogen) atoms. The molecule has 6 rings (SSSR count). The minimum atomic E-state index is -0.500. The van der Waals surface area contributed by atoms with Crippen LogP contribution in [0.4, 0.5) is 0 Å². The van der Waals surface area contributed by atoms with Crippen molar-refractivity contribution in [1.29, 1.82) is 0 Å². The topological polar surface area (TPSA) is 63.9 Å². The van der Waals surface area contributed by atoms with Crippen LogP contribution in [0.15, 0.2) is 12.2 Å². The fourth-order valence-electron chi connectivity index (χ4n) is 9.97. The van der Waals surface area contributed by atoms with Gasteiger partial charge in [0.15, 0.2) is 0 Å². The normalized spacial score (nSPS) is 65.5. The average Bonchev–Trinajstić information content (AvgIpc) is 3.14. The molecule has 1 heterocycles. The summed E-state index contributed by atoms with van der Waals surface area (Å²) < 4.78 is 0. The summed E-state index contributed by atoms with van der Waals surface area (Å²) in [6, 6.07) is 0.373. The fraction of sp³-hybridized carbons (Fsp3) is 0.909. The van der Waals surface area contributed by atoms with Gasteiger partial charge in [-0.25, -0.2) is 0 Å². The molecule has 6 aliphatic rings. The Morgan fingerprint density at radius 1 is 1.19 bits per heavy atom. The lowest BCUT2D eigenvalue weighted by molar-refractivity contribution is -0.218. The standard InChI is InChI=1S/C22H33NO3/c1-4-23-10-20(3)6-5-17(25)22-15(20)7-13(18(22)23)21-9-12(11(2)19(21)26)14(24)8-16(21)22/h12-19,24-26H,2,4-10H2,1,3H3/t12-,13+,14+,15-,16+,17+,18-,19-,20+,21+,22+/m1/s1. The van der Waals surface area contributed by atoms with Gasteiger partial charge in [0.2, 0.25) is 0 Å². The van der Waals surface area contributed by atoms with E-state index in [-0.39, 0.29) is 34.2 Å². The predicted octanol–water partition coefficient (Wildman–Crippen LogP) is 1.79. The first-order valence-electron chi connectivity index (χ1n) is 10.8. The smallest absolute Gasteiger partial charge is 0.0813 e. The summed E-state index contributed by atoms with van der Waals surface area (Å²) in [6.07, 6.45) is 3.58. The van der Waals surface area contributed by atoms with E-state index in [1.165, 1.54) is 0 Å². The molecule has 0 aromatic heterocycles. The Kier molecular flexibility index (Phi) is 2.92. The number of nitrogens with zero attached hydrogens (tertiary/aromatic N) is 1. The molecular formula is C22H33NO3. The van der Waals surface area contributed by atoms with Crippen LogP contribution in [0.5, 0.6) is 0 Å². The molecule has 11 atom stereocenters. The fourth-order valence-corrected chi connectivity index (χ4v) is 9.97. The number of aliphatic hydroxyl groups excluding tert-OH is 3. The highest BCUT2D eigenvalue weighted by atomic mass is 16.3. The van der Waals surface area contributed by atoms with Crippen LogP contribution in [-0.4, -0.2) is 57.7 Å². The molecule has 0 aromatic carbocycles. The molecule has 2 spiro atoms. The van der Waals surface area contributed by atoms with E-state index >= 15 is 0 Å². The van der Waals surface area contributed by atoms with Crippen LogP contribution in [0.3, 0.4) is 0 Å². The number of hydrogen-bond acceptors (Lipinski definition) is 4. The summed E-state index contributed by atoms with van der Waals surface area (Å²) in [5.41, 5.74) is 0.849. The maximum atomic E-state index is 11.5. The van der Waals surface area contributed by atoms with Gasteiger partial charge in [0.25, 0.3) is 0 Å². The Hall–Kier alpha value is -0.420. The third-order valence-corrected chi connectivity index (χ3v) is 10.6. The SMILES string of the molecule is C=C1[C@H]2C[C@]3([C@@H]1O)[C@H]1C[C@@H]4[C@@]5(C)CC[C@H](O)[C@@]4([C@@H]1N(CC)C5)[C@H]3C[C@@H]2O. The second kappa shape index (κ2) is 4.59. The number of aliphatic hydroxyl groups is 3. The molecular weight excluding hydrogens is 326 g/mol. The third-order valence-electron chi connectivity index (χ3n) is 10.6. The van der Waals surface area contributed by atoms with Crippen LogP contribution in [0.2, 0.25) is 0 Å². The Morgan fingerprint density at radius 3 is 2.69 bits per heavy atom. The average molecular weight is 360 g/mol. The van der Waals surface area contributed by atoms with Gasteiger partial charge in [0.05, 0.1) is 18.3 Å². The quantitative estimate of drug-likeness (QED) is 0.625. The highest BCUT2D eigenvalue weighted by Crippen LogP contribution is 2.83. The maximum absolute atomic E-state index is 11.5. The van der Waals surface area contributed by atoms with Crippen LogP contribution in [0, 0.1) is 39.9 Å². The molecule has 1 aliphatic heterocycles. The van der Waals surface area contributed by atoms with Gasteiger partial charge in [0, 0.05) is 29.3 Å². The van der Waals surface area contributed by atoms with E-state index in [1.54, 1.807) is 0 Å². The van der Waals surface area contributed by atoms with Crippen molar-refractivity contribution >= 4 is 0 Å². The van der Waals surface area contributed by atoms with E-state index in [0.717, 1.165) is 50.8 Å². The van der Waals surface area contributed by atoms with Crippen LogP contribution >= 0.6 is 0 Å². The summed E-state index contributed by atoms with van der Waals surface area (Å²) in [7, 11) is 0. The lowest BCUT2D eigenvalue weighted by atomic mass is 9.43. The van der Waals surface area contributed by atoms with E-state index in [4.69, 9.17) is 0 Å². The molecule has 1 saturated heterocycles. The van der Waals surface area contributed by atoms with Crippen molar-refractivity contribution in [2.24, 2.45) is 39.9 Å². The van der Waals surface area contributed by atoms with Gasteiger partial charge in [-0.2, -0.15) is 0 Å². The lowest BCUT2D eigenvalue weighted by Gasteiger charge is -2.65. The summed E-state index contributed by atoms with van der Waals surface area (Å²) in [5, 5.41) is 33.8. The summed E-state index contributed by atoms with van der Waals surface area (Å²) in [5.74, 6) is 1.26. The molecule has 5 saturated carbocycles. The first-order chi connectivity index (χ1) is 12.3. The van der Waals surface area contributed by atoms with E-state index < -0.39 is 12.2 Å². The van der Waals surface area contributed by atoms with Crippen molar-refractivity contribution in [2.75, 3.05) is 13.1 Å².